The third-order valence-corrected chi connectivity index (χ3v) is 10.8. The van der Waals surface area contributed by atoms with Crippen LogP contribution in [-0.2, 0) is 7.05 Å². The third kappa shape index (κ3) is 4.34. The Labute approximate surface area is 278 Å². The number of benzene rings is 5. The zero-order chi connectivity index (χ0) is 32.9. The van der Waals surface area contributed by atoms with E-state index >= 15 is 0 Å². The van der Waals surface area contributed by atoms with E-state index in [0.717, 1.165) is 0 Å². The van der Waals surface area contributed by atoms with E-state index in [0.29, 0.717) is 17.8 Å². The second-order valence-electron chi connectivity index (χ2n) is 14.8. The van der Waals surface area contributed by atoms with Gasteiger partial charge >= 0.3 is 0 Å². The Morgan fingerprint density at radius 1 is 0.596 bits per heavy atom. The fraction of sp³-hybridized carbons (Fsp3) is 0.267. The second kappa shape index (κ2) is 10.7. The lowest BCUT2D eigenvalue weighted by Gasteiger charge is -2.24. The van der Waals surface area contributed by atoms with Crippen molar-refractivity contribution in [2.45, 2.75) is 73.1 Å². The van der Waals surface area contributed by atoms with E-state index in [1.165, 1.54) is 99.1 Å². The van der Waals surface area contributed by atoms with Crippen molar-refractivity contribution in [2.24, 2.45) is 7.05 Å². The summed E-state index contributed by atoms with van der Waals surface area (Å²) >= 11 is 0. The Morgan fingerprint density at radius 3 is 1.96 bits per heavy atom. The van der Waals surface area contributed by atoms with Gasteiger partial charge in [0.2, 0.25) is 5.52 Å². The second-order valence-corrected chi connectivity index (χ2v) is 14.8. The Hall–Kier alpha value is -4.69. The topological polar surface area (TPSA) is 8.29 Å². The lowest BCUT2D eigenvalue weighted by atomic mass is 9.81. The van der Waals surface area contributed by atoms with Crippen LogP contribution in [0.25, 0.3) is 71.3 Å². The minimum Gasteiger partial charge on any atom is -0.307 e. The van der Waals surface area contributed by atoms with Crippen LogP contribution in [0.4, 0.5) is 0 Å². The molecule has 0 N–H and O–H groups in total. The van der Waals surface area contributed by atoms with Crippen LogP contribution >= 0.6 is 0 Å². The zero-order valence-electron chi connectivity index (χ0n) is 29.3. The lowest BCUT2D eigenvalue weighted by molar-refractivity contribution is -0.643. The molecule has 0 aliphatic carbocycles. The predicted octanol–water partition coefficient (Wildman–Crippen LogP) is 12.1. The van der Waals surface area contributed by atoms with Gasteiger partial charge in [-0.15, -0.1) is 0 Å². The van der Waals surface area contributed by atoms with Crippen LogP contribution in [0.5, 0.6) is 0 Å². The van der Waals surface area contributed by atoms with Crippen LogP contribution < -0.4 is 4.57 Å². The molecular formula is C45H45N2+. The number of hydrogen-bond donors (Lipinski definition) is 0. The SMILES string of the molecule is Cc1cc2c3cc(-c4ccccc4)ccc3n3c4cc(-c5c(C(C)C)cc(C(C)C)cc5C(C)C)cc5cc[n+](C)c(c(c1C)c23)c54. The number of aryl methyl sites for hydroxylation is 3. The van der Waals surface area contributed by atoms with E-state index in [4.69, 9.17) is 0 Å². The molecule has 0 saturated heterocycles. The van der Waals surface area contributed by atoms with Crippen LogP contribution in [0.1, 0.15) is 87.1 Å². The molecule has 0 radical (unpaired) electrons. The highest BCUT2D eigenvalue weighted by atomic mass is 15.0. The Kier molecular flexibility index (Phi) is 6.74. The van der Waals surface area contributed by atoms with Crippen molar-refractivity contribution >= 4 is 49.0 Å². The van der Waals surface area contributed by atoms with Crippen LogP contribution in [0.3, 0.4) is 0 Å². The first-order valence-electron chi connectivity index (χ1n) is 17.3. The molecule has 2 heteroatoms. The number of hydrogen-bond acceptors (Lipinski definition) is 0. The molecular weight excluding hydrogens is 569 g/mol. The van der Waals surface area contributed by atoms with Gasteiger partial charge in [-0.2, -0.15) is 0 Å². The molecule has 47 heavy (non-hydrogen) atoms. The number of nitrogens with zero attached hydrogens (tertiary/aromatic N) is 2. The Morgan fingerprint density at radius 2 is 1.30 bits per heavy atom. The highest BCUT2D eigenvalue weighted by Crippen LogP contribution is 2.46. The normalized spacial score (nSPS) is 12.5. The van der Waals surface area contributed by atoms with Crippen LogP contribution in [-0.4, -0.2) is 4.40 Å². The summed E-state index contributed by atoms with van der Waals surface area (Å²) in [6.07, 6.45) is 2.26. The van der Waals surface area contributed by atoms with E-state index in [9.17, 15) is 0 Å². The zero-order valence-corrected chi connectivity index (χ0v) is 29.3. The van der Waals surface area contributed by atoms with Gasteiger partial charge in [0.05, 0.1) is 27.3 Å². The molecule has 8 aromatic rings. The lowest BCUT2D eigenvalue weighted by Crippen LogP contribution is -2.29. The van der Waals surface area contributed by atoms with E-state index in [1.807, 2.05) is 0 Å². The molecule has 0 aliphatic heterocycles. The van der Waals surface area contributed by atoms with Gasteiger partial charge in [0.1, 0.15) is 7.05 Å². The maximum atomic E-state index is 2.59. The molecule has 2 nitrogen and oxygen atoms in total. The van der Waals surface area contributed by atoms with Crippen molar-refractivity contribution in [1.29, 1.82) is 0 Å². The van der Waals surface area contributed by atoms with E-state index in [1.54, 1.807) is 0 Å². The van der Waals surface area contributed by atoms with Crippen molar-refractivity contribution in [3.05, 3.63) is 119 Å². The standard InChI is InChI=1S/C45H45N2/c1-25(2)33-22-35(26(3)4)42(36(23-33)27(5)6)34-20-32-17-18-46(9)45-41-29(8)28(7)19-38-37-21-31(30-13-11-10-12-14-30)15-16-39(37)47(44(38)41)40(24-34)43(32)45/h10-27H,1-9H3/q+1. The van der Waals surface area contributed by atoms with Crippen molar-refractivity contribution in [1.82, 2.24) is 4.40 Å². The molecule has 0 atom stereocenters. The molecule has 0 spiro atoms. The molecule has 3 aromatic heterocycles. The summed E-state index contributed by atoms with van der Waals surface area (Å²) in [4.78, 5) is 0. The van der Waals surface area contributed by atoms with Crippen LogP contribution in [0, 0.1) is 13.8 Å². The van der Waals surface area contributed by atoms with Gasteiger partial charge in [0.25, 0.3) is 0 Å². The molecule has 3 heterocycles. The van der Waals surface area contributed by atoms with Gasteiger partial charge in [-0.3, -0.25) is 0 Å². The maximum absolute atomic E-state index is 2.59. The van der Waals surface area contributed by atoms with Crippen LogP contribution in [0.15, 0.2) is 91.1 Å². The number of aromatic nitrogens is 2. The van der Waals surface area contributed by atoms with Crippen LogP contribution in [0.2, 0.25) is 0 Å². The van der Waals surface area contributed by atoms with Crippen molar-refractivity contribution < 1.29 is 4.57 Å². The summed E-state index contributed by atoms with van der Waals surface area (Å²) in [7, 11) is 2.21. The minimum atomic E-state index is 0.416. The minimum absolute atomic E-state index is 0.416. The van der Waals surface area contributed by atoms with Gasteiger partial charge in [-0.05, 0) is 117 Å². The van der Waals surface area contributed by atoms with Gasteiger partial charge in [0, 0.05) is 16.8 Å². The monoisotopic (exact) mass is 613 g/mol. The van der Waals surface area contributed by atoms with Gasteiger partial charge in [-0.25, -0.2) is 4.57 Å². The summed E-state index contributed by atoms with van der Waals surface area (Å²) in [6, 6.07) is 32.6. The maximum Gasteiger partial charge on any atom is 0.224 e. The van der Waals surface area contributed by atoms with Gasteiger partial charge in [0.15, 0.2) is 6.20 Å². The molecule has 234 valence electrons. The molecule has 5 aromatic carbocycles. The first-order valence-corrected chi connectivity index (χ1v) is 17.3. The Bertz CT molecular complexity index is 2480. The molecule has 0 aliphatic rings. The van der Waals surface area contributed by atoms with Gasteiger partial charge < -0.3 is 4.40 Å². The Balaban J connectivity index is 1.59. The van der Waals surface area contributed by atoms with Crippen molar-refractivity contribution in [3.63, 3.8) is 0 Å². The number of fused-ring (bicyclic) bond motifs is 5. The molecule has 0 unspecified atom stereocenters. The molecule has 8 rings (SSSR count). The largest absolute Gasteiger partial charge is 0.307 e. The first-order chi connectivity index (χ1) is 22.5. The summed E-state index contributed by atoms with van der Waals surface area (Å²) < 4.78 is 4.94. The van der Waals surface area contributed by atoms with E-state index in [-0.39, 0.29) is 0 Å². The fourth-order valence-corrected chi connectivity index (χ4v) is 8.15. The highest BCUT2D eigenvalue weighted by Gasteiger charge is 2.27. The molecule has 0 fully saturated rings. The molecule has 0 amide bonds. The third-order valence-electron chi connectivity index (χ3n) is 10.8. The predicted molar refractivity (Wildman–Crippen MR) is 202 cm³/mol. The van der Waals surface area contributed by atoms with Crippen molar-refractivity contribution in [2.75, 3.05) is 0 Å². The summed E-state index contributed by atoms with van der Waals surface area (Å²) in [5, 5.41) is 6.63. The van der Waals surface area contributed by atoms with E-state index < -0.39 is 0 Å². The number of rotatable bonds is 5. The average molecular weight is 614 g/mol. The molecule has 0 bridgehead atoms. The summed E-state index contributed by atoms with van der Waals surface area (Å²) in [6.45, 7) is 18.6. The smallest absolute Gasteiger partial charge is 0.224 e. The van der Waals surface area contributed by atoms with Gasteiger partial charge in [-0.1, -0.05) is 90.1 Å². The first kappa shape index (κ1) is 29.7. The molecule has 0 saturated carbocycles. The summed E-state index contributed by atoms with van der Waals surface area (Å²) in [5.74, 6) is 1.32. The fourth-order valence-electron chi connectivity index (χ4n) is 8.15. The van der Waals surface area contributed by atoms with E-state index in [2.05, 4.69) is 163 Å². The highest BCUT2D eigenvalue weighted by molar-refractivity contribution is 6.26. The summed E-state index contributed by atoms with van der Waals surface area (Å²) in [5.41, 5.74) is 17.5. The van der Waals surface area contributed by atoms with Crippen molar-refractivity contribution in [3.8, 4) is 22.3 Å². The number of pyridine rings is 2. The quantitative estimate of drug-likeness (QED) is 0.104. The average Bonchev–Trinajstić information content (AvgIpc) is 3.38.